The average Bonchev–Trinajstić information content (AvgIpc) is 2.57. The molecule has 0 aliphatic rings. The maximum absolute atomic E-state index is 12.1. The largest absolute Gasteiger partial charge is 0.323 e. The van der Waals surface area contributed by atoms with Crippen LogP contribution in [0.5, 0.6) is 0 Å². The topological polar surface area (TPSA) is 54.0 Å². The van der Waals surface area contributed by atoms with E-state index in [9.17, 15) is 4.79 Å². The molecule has 23 heavy (non-hydrogen) atoms. The molecular weight excluding hydrogens is 286 g/mol. The second-order valence-electron chi connectivity index (χ2n) is 5.52. The first kappa shape index (κ1) is 15.2. The van der Waals surface area contributed by atoms with Crippen LogP contribution in [0.25, 0.3) is 10.9 Å². The summed E-state index contributed by atoms with van der Waals surface area (Å²) in [6.45, 7) is 2.99. The number of aromatic nitrogens is 1. The highest BCUT2D eigenvalue weighted by Gasteiger charge is 2.06. The van der Waals surface area contributed by atoms with Gasteiger partial charge in [0.1, 0.15) is 0 Å². The molecule has 1 aromatic heterocycles. The Hall–Kier alpha value is -2.72. The number of aryl methyl sites for hydroxylation is 1. The Morgan fingerprint density at radius 2 is 1.83 bits per heavy atom. The summed E-state index contributed by atoms with van der Waals surface area (Å²) in [5, 5.41) is 7.09. The van der Waals surface area contributed by atoms with Crippen molar-refractivity contribution >= 4 is 22.5 Å². The van der Waals surface area contributed by atoms with Gasteiger partial charge in [0, 0.05) is 18.1 Å². The van der Waals surface area contributed by atoms with Crippen molar-refractivity contribution in [1.82, 2.24) is 10.3 Å². The zero-order valence-corrected chi connectivity index (χ0v) is 13.0. The Balaban J connectivity index is 1.57. The number of carbonyl (C=O) groups is 1. The van der Waals surface area contributed by atoms with Crippen LogP contribution in [0.4, 0.5) is 5.69 Å². The highest BCUT2D eigenvalue weighted by molar-refractivity contribution is 6.00. The minimum Gasteiger partial charge on any atom is -0.323 e. The fourth-order valence-corrected chi connectivity index (χ4v) is 2.43. The lowest BCUT2D eigenvalue weighted by Gasteiger charge is -2.09. The highest BCUT2D eigenvalue weighted by Crippen LogP contribution is 2.20. The number of para-hydroxylation sites is 1. The van der Waals surface area contributed by atoms with Crippen molar-refractivity contribution < 1.29 is 4.79 Å². The SMILES string of the molecule is Cc1ccc(CNCC(=O)Nc2cccc3cccnc23)cc1. The first-order valence-corrected chi connectivity index (χ1v) is 7.62. The van der Waals surface area contributed by atoms with Crippen molar-refractivity contribution in [2.45, 2.75) is 13.5 Å². The van der Waals surface area contributed by atoms with E-state index in [2.05, 4.69) is 46.8 Å². The van der Waals surface area contributed by atoms with E-state index in [4.69, 9.17) is 0 Å². The lowest BCUT2D eigenvalue weighted by atomic mass is 10.1. The summed E-state index contributed by atoms with van der Waals surface area (Å²) in [4.78, 5) is 16.4. The molecule has 0 saturated heterocycles. The van der Waals surface area contributed by atoms with E-state index in [1.54, 1.807) is 6.20 Å². The second-order valence-corrected chi connectivity index (χ2v) is 5.52. The first-order chi connectivity index (χ1) is 11.2. The molecule has 0 radical (unpaired) electrons. The molecule has 0 aliphatic carbocycles. The molecule has 116 valence electrons. The van der Waals surface area contributed by atoms with Crippen LogP contribution in [-0.4, -0.2) is 17.4 Å². The smallest absolute Gasteiger partial charge is 0.238 e. The van der Waals surface area contributed by atoms with E-state index in [0.717, 1.165) is 22.2 Å². The molecule has 0 saturated carbocycles. The molecule has 3 rings (SSSR count). The number of anilines is 1. The summed E-state index contributed by atoms with van der Waals surface area (Å²) in [5.74, 6) is -0.0738. The van der Waals surface area contributed by atoms with Gasteiger partial charge in [0.2, 0.25) is 5.91 Å². The number of hydrogen-bond donors (Lipinski definition) is 2. The van der Waals surface area contributed by atoms with Crippen LogP contribution in [0.2, 0.25) is 0 Å². The van der Waals surface area contributed by atoms with Crippen LogP contribution in [0.1, 0.15) is 11.1 Å². The zero-order chi connectivity index (χ0) is 16.1. The number of amides is 1. The third-order valence-electron chi connectivity index (χ3n) is 3.64. The number of fused-ring (bicyclic) bond motifs is 1. The van der Waals surface area contributed by atoms with Crippen LogP contribution < -0.4 is 10.6 Å². The normalized spacial score (nSPS) is 10.7. The fourth-order valence-electron chi connectivity index (χ4n) is 2.43. The van der Waals surface area contributed by atoms with Crippen molar-refractivity contribution in [3.8, 4) is 0 Å². The van der Waals surface area contributed by atoms with Gasteiger partial charge in [0.05, 0.1) is 17.7 Å². The average molecular weight is 305 g/mol. The first-order valence-electron chi connectivity index (χ1n) is 7.62. The predicted octanol–water partition coefficient (Wildman–Crippen LogP) is 3.27. The van der Waals surface area contributed by atoms with Crippen molar-refractivity contribution in [2.75, 3.05) is 11.9 Å². The fraction of sp³-hybridized carbons (Fsp3) is 0.158. The van der Waals surface area contributed by atoms with Crippen molar-refractivity contribution in [3.63, 3.8) is 0 Å². The molecule has 0 atom stereocenters. The van der Waals surface area contributed by atoms with Crippen molar-refractivity contribution in [2.24, 2.45) is 0 Å². The van der Waals surface area contributed by atoms with E-state index >= 15 is 0 Å². The molecule has 0 bridgehead atoms. The molecule has 2 aromatic carbocycles. The number of nitrogens with zero attached hydrogens (tertiary/aromatic N) is 1. The summed E-state index contributed by atoms with van der Waals surface area (Å²) in [5.41, 5.74) is 3.94. The number of pyridine rings is 1. The quantitative estimate of drug-likeness (QED) is 0.760. The van der Waals surface area contributed by atoms with Crippen molar-refractivity contribution in [3.05, 3.63) is 71.9 Å². The second kappa shape index (κ2) is 7.03. The van der Waals surface area contributed by atoms with Gasteiger partial charge in [-0.15, -0.1) is 0 Å². The molecule has 0 aliphatic heterocycles. The Bertz CT molecular complexity index is 807. The van der Waals surface area contributed by atoms with Gasteiger partial charge in [0.25, 0.3) is 0 Å². The number of rotatable bonds is 5. The Labute approximate surface area is 135 Å². The summed E-state index contributed by atoms with van der Waals surface area (Å²) >= 11 is 0. The summed E-state index contributed by atoms with van der Waals surface area (Å²) in [7, 11) is 0. The summed E-state index contributed by atoms with van der Waals surface area (Å²) in [6.07, 6.45) is 1.73. The van der Waals surface area contributed by atoms with Gasteiger partial charge in [-0.3, -0.25) is 9.78 Å². The van der Waals surface area contributed by atoms with E-state index in [0.29, 0.717) is 6.54 Å². The standard InChI is InChI=1S/C19H19N3O/c1-14-7-9-15(10-8-14)12-20-13-18(23)22-17-6-2-4-16-5-3-11-21-19(16)17/h2-11,20H,12-13H2,1H3,(H,22,23). The van der Waals surface area contributed by atoms with Gasteiger partial charge in [-0.05, 0) is 24.6 Å². The Morgan fingerprint density at radius 1 is 1.04 bits per heavy atom. The number of hydrogen-bond acceptors (Lipinski definition) is 3. The lowest BCUT2D eigenvalue weighted by Crippen LogP contribution is -2.27. The minimum absolute atomic E-state index is 0.0738. The van der Waals surface area contributed by atoms with E-state index in [-0.39, 0.29) is 12.5 Å². The minimum atomic E-state index is -0.0738. The molecule has 0 unspecified atom stereocenters. The zero-order valence-electron chi connectivity index (χ0n) is 13.0. The Kier molecular flexibility index (Phi) is 4.64. The maximum atomic E-state index is 12.1. The lowest BCUT2D eigenvalue weighted by molar-refractivity contribution is -0.115. The van der Waals surface area contributed by atoms with Gasteiger partial charge >= 0.3 is 0 Å². The van der Waals surface area contributed by atoms with Gasteiger partial charge in [-0.25, -0.2) is 0 Å². The number of nitrogens with one attached hydrogen (secondary N) is 2. The van der Waals surface area contributed by atoms with E-state index in [1.807, 2.05) is 30.3 Å². The van der Waals surface area contributed by atoms with E-state index < -0.39 is 0 Å². The monoisotopic (exact) mass is 305 g/mol. The molecule has 0 fully saturated rings. The van der Waals surface area contributed by atoms with Gasteiger partial charge in [-0.2, -0.15) is 0 Å². The van der Waals surface area contributed by atoms with Gasteiger partial charge in [-0.1, -0.05) is 48.0 Å². The van der Waals surface area contributed by atoms with Gasteiger partial charge in [0.15, 0.2) is 0 Å². The molecule has 1 heterocycles. The summed E-state index contributed by atoms with van der Waals surface area (Å²) in [6, 6.07) is 17.9. The van der Waals surface area contributed by atoms with E-state index in [1.165, 1.54) is 5.56 Å². The number of benzene rings is 2. The van der Waals surface area contributed by atoms with Gasteiger partial charge < -0.3 is 10.6 Å². The Morgan fingerprint density at radius 3 is 2.65 bits per heavy atom. The van der Waals surface area contributed by atoms with Crippen LogP contribution in [0, 0.1) is 6.92 Å². The molecule has 4 heteroatoms. The van der Waals surface area contributed by atoms with Crippen LogP contribution in [-0.2, 0) is 11.3 Å². The van der Waals surface area contributed by atoms with Crippen molar-refractivity contribution in [1.29, 1.82) is 0 Å². The molecule has 2 N–H and O–H groups in total. The maximum Gasteiger partial charge on any atom is 0.238 e. The van der Waals surface area contributed by atoms with Crippen LogP contribution >= 0.6 is 0 Å². The third kappa shape index (κ3) is 3.93. The molecular formula is C19H19N3O. The summed E-state index contributed by atoms with van der Waals surface area (Å²) < 4.78 is 0. The highest BCUT2D eigenvalue weighted by atomic mass is 16.1. The molecule has 3 aromatic rings. The third-order valence-corrected chi connectivity index (χ3v) is 3.64. The number of carbonyl (C=O) groups excluding carboxylic acids is 1. The molecule has 1 amide bonds. The molecule has 4 nitrogen and oxygen atoms in total. The predicted molar refractivity (Wildman–Crippen MR) is 93.3 cm³/mol. The van der Waals surface area contributed by atoms with Crippen LogP contribution in [0.3, 0.4) is 0 Å². The molecule has 0 spiro atoms. The van der Waals surface area contributed by atoms with Crippen LogP contribution in [0.15, 0.2) is 60.8 Å².